The van der Waals surface area contributed by atoms with E-state index < -0.39 is 5.97 Å². The molecule has 0 fully saturated rings. The Bertz CT molecular complexity index is 2730. The Morgan fingerprint density at radius 1 is 0.379 bits per heavy atom. The third-order valence-corrected chi connectivity index (χ3v) is 18.6. The Hall–Kier alpha value is -5.55. The quantitative estimate of drug-likeness (QED) is 0.0332. The van der Waals surface area contributed by atoms with Crippen LogP contribution in [0, 0.1) is 16.2 Å². The number of carbonyl (C=O) groups is 1. The Morgan fingerprint density at radius 2 is 0.684 bits per heavy atom. The standard InChI is InChI=1S/C40H56.C20H30O.C16H32O2.C15H26O/c1-31(19-13-21-33(3)25-27-37-35(5)23-15-29-39(37,7)8)17-11-12-18-32(2)20-14-22-34(4)26-28-38-36(6)24-16-30-40(38,9)10;1-16(8-6-9-17(2)13-15-21)11-12-19-18(3)10-7-14-20(19,4)5;1-2-3-4-5-6-7-8-9-10-11-12-13-14-15-16(17)18;1-13(2)7-5-8-14(3)9-6-10-15(4)11-12-16/h11-14,17-22,25-28H,15-16,23-24,29-30H2,1-10H3;6,8-9,11-13,21H,7,10,14-15H2,1-5H3;2-15H2,1H3,(H,17,18);7,9,11,16H,5-6,8,10,12H2,1-4H3/b12-11+,19-13+,20-14+,27-25+,28-26+,31-17+,32-18+,33-21+,34-22+;9-6+,12-11+,16-8+,17-13+;;14-9+,15-11+. The number of carboxylic acids is 1. The SMILES string of the molecule is CC(C)=CCC/C(C)=C/CC/C(C)=C/CO.CC1=C(/C=C/C(C)=C/C=C/C(C)=C/C=C/C=C(C)/C=C/C=C(C)/C=C/C2=C(C)CCCC2(C)C)C(C)(C)CCC1.CC1=C(/C=C/C(C)=C/C=C/C(C)=C/CO)C(C)(C)CCC1.CCCCCCCCCCCCCCCC(=O)O. The van der Waals surface area contributed by atoms with E-state index in [1.807, 2.05) is 25.2 Å². The van der Waals surface area contributed by atoms with Gasteiger partial charge in [0.05, 0.1) is 13.2 Å². The van der Waals surface area contributed by atoms with E-state index in [1.165, 1.54) is 195 Å². The van der Waals surface area contributed by atoms with Crippen LogP contribution in [-0.4, -0.2) is 34.5 Å². The van der Waals surface area contributed by atoms with E-state index in [0.29, 0.717) is 22.7 Å². The molecule has 0 saturated heterocycles. The highest BCUT2D eigenvalue weighted by molar-refractivity contribution is 5.66. The van der Waals surface area contributed by atoms with Crippen LogP contribution in [0.4, 0.5) is 0 Å². The van der Waals surface area contributed by atoms with Crippen LogP contribution in [-0.2, 0) is 4.79 Å². The molecule has 4 nitrogen and oxygen atoms in total. The molecule has 532 valence electrons. The third-order valence-electron chi connectivity index (χ3n) is 18.6. The summed E-state index contributed by atoms with van der Waals surface area (Å²) in [4.78, 5) is 10.3. The van der Waals surface area contributed by atoms with Crippen molar-refractivity contribution in [3.63, 3.8) is 0 Å². The minimum atomic E-state index is -0.655. The molecule has 0 atom stereocenters. The van der Waals surface area contributed by atoms with E-state index >= 15 is 0 Å². The van der Waals surface area contributed by atoms with Gasteiger partial charge in [-0.2, -0.15) is 0 Å². The second kappa shape index (κ2) is 53.5. The Labute approximate surface area is 587 Å². The summed E-state index contributed by atoms with van der Waals surface area (Å²) in [5, 5.41) is 26.0. The average molecular weight is 1300 g/mol. The highest BCUT2D eigenvalue weighted by atomic mass is 16.4. The van der Waals surface area contributed by atoms with Crippen molar-refractivity contribution in [2.45, 2.75) is 312 Å². The van der Waals surface area contributed by atoms with Gasteiger partial charge in [0.1, 0.15) is 0 Å². The predicted octanol–water partition coefficient (Wildman–Crippen LogP) is 28.1. The summed E-state index contributed by atoms with van der Waals surface area (Å²) in [6.07, 6.45) is 82.9. The number of hydrogen-bond donors (Lipinski definition) is 3. The zero-order valence-corrected chi connectivity index (χ0v) is 65.0. The highest BCUT2D eigenvalue weighted by Crippen LogP contribution is 2.43. The lowest BCUT2D eigenvalue weighted by Gasteiger charge is -2.33. The molecule has 0 amide bonds. The average Bonchev–Trinajstić information content (AvgIpc) is 0.848. The summed E-state index contributed by atoms with van der Waals surface area (Å²) >= 11 is 0. The molecule has 3 aliphatic rings. The van der Waals surface area contributed by atoms with Crippen molar-refractivity contribution in [1.29, 1.82) is 0 Å². The van der Waals surface area contributed by atoms with E-state index in [-0.39, 0.29) is 13.2 Å². The van der Waals surface area contributed by atoms with Crippen molar-refractivity contribution < 1.29 is 20.1 Å². The molecule has 0 unspecified atom stereocenters. The van der Waals surface area contributed by atoms with E-state index in [0.717, 1.165) is 44.1 Å². The van der Waals surface area contributed by atoms with Gasteiger partial charge in [-0.1, -0.05) is 332 Å². The second-order valence-electron chi connectivity index (χ2n) is 30.0. The summed E-state index contributed by atoms with van der Waals surface area (Å²) in [6.45, 7) is 44.9. The molecule has 95 heavy (non-hydrogen) atoms. The van der Waals surface area contributed by atoms with Gasteiger partial charge in [-0.15, -0.1) is 0 Å². The molecule has 3 aliphatic carbocycles. The summed E-state index contributed by atoms with van der Waals surface area (Å²) < 4.78 is 0. The second-order valence-corrected chi connectivity index (χ2v) is 30.0. The summed E-state index contributed by atoms with van der Waals surface area (Å²) in [5.74, 6) is -0.655. The van der Waals surface area contributed by atoms with Crippen molar-refractivity contribution in [3.8, 4) is 0 Å². The summed E-state index contributed by atoms with van der Waals surface area (Å²) in [6, 6.07) is 0. The molecule has 3 rings (SSSR count). The number of rotatable bonds is 36. The number of carboxylic acid groups (broad SMARTS) is 1. The van der Waals surface area contributed by atoms with Crippen molar-refractivity contribution in [3.05, 3.63) is 223 Å². The van der Waals surface area contributed by atoms with Crippen molar-refractivity contribution in [2.24, 2.45) is 16.2 Å². The molecule has 0 bridgehead atoms. The molecule has 4 heteroatoms. The molecular weight excluding hydrogens is 1160 g/mol. The molecule has 0 aliphatic heterocycles. The fourth-order valence-electron chi connectivity index (χ4n) is 12.4. The van der Waals surface area contributed by atoms with Crippen molar-refractivity contribution >= 4 is 5.97 Å². The van der Waals surface area contributed by atoms with Gasteiger partial charge in [-0.05, 0) is 213 Å². The maximum Gasteiger partial charge on any atom is 0.303 e. The fraction of sp³-hybridized carbons (Fsp3) is 0.571. The molecule has 0 aromatic rings. The lowest BCUT2D eigenvalue weighted by atomic mass is 9.72. The fourth-order valence-corrected chi connectivity index (χ4v) is 12.4. The first-order valence-corrected chi connectivity index (χ1v) is 37.3. The van der Waals surface area contributed by atoms with Crippen LogP contribution in [0.2, 0.25) is 0 Å². The molecule has 0 aromatic carbocycles. The molecule has 0 heterocycles. The van der Waals surface area contributed by atoms with Gasteiger partial charge >= 0.3 is 5.97 Å². The maximum atomic E-state index is 10.3. The highest BCUT2D eigenvalue weighted by Gasteiger charge is 2.28. The van der Waals surface area contributed by atoms with Gasteiger partial charge in [0, 0.05) is 6.42 Å². The summed E-state index contributed by atoms with van der Waals surface area (Å²) in [7, 11) is 0. The van der Waals surface area contributed by atoms with Gasteiger partial charge in [0.25, 0.3) is 0 Å². The Morgan fingerprint density at radius 3 is 1.01 bits per heavy atom. The van der Waals surface area contributed by atoms with Crippen LogP contribution in [0.5, 0.6) is 0 Å². The van der Waals surface area contributed by atoms with E-state index in [9.17, 15) is 4.79 Å². The minimum Gasteiger partial charge on any atom is -0.481 e. The van der Waals surface area contributed by atoms with Gasteiger partial charge in [-0.25, -0.2) is 0 Å². The van der Waals surface area contributed by atoms with E-state index in [1.54, 1.807) is 17.2 Å². The first-order chi connectivity index (χ1) is 45.0. The Balaban J connectivity index is 0.00000135. The lowest BCUT2D eigenvalue weighted by molar-refractivity contribution is -0.137. The maximum absolute atomic E-state index is 10.3. The minimum absolute atomic E-state index is 0.0985. The number of unbranched alkanes of at least 4 members (excludes halogenated alkanes) is 12. The number of aliphatic hydroxyl groups is 2. The van der Waals surface area contributed by atoms with Gasteiger partial charge < -0.3 is 15.3 Å². The van der Waals surface area contributed by atoms with E-state index in [4.69, 9.17) is 15.3 Å². The van der Waals surface area contributed by atoms with Crippen LogP contribution in [0.15, 0.2) is 223 Å². The van der Waals surface area contributed by atoms with Gasteiger partial charge in [0.15, 0.2) is 0 Å². The third kappa shape index (κ3) is 47.1. The monoisotopic (exact) mass is 1300 g/mol. The number of hydrogen-bond acceptors (Lipinski definition) is 3. The first-order valence-electron chi connectivity index (χ1n) is 37.3. The zero-order valence-electron chi connectivity index (χ0n) is 65.0. The smallest absolute Gasteiger partial charge is 0.303 e. The van der Waals surface area contributed by atoms with Crippen LogP contribution in [0.3, 0.4) is 0 Å². The van der Waals surface area contributed by atoms with E-state index in [2.05, 4.69) is 247 Å². The van der Waals surface area contributed by atoms with Crippen LogP contribution in [0.25, 0.3) is 0 Å². The predicted molar refractivity (Wildman–Crippen MR) is 425 cm³/mol. The number of aliphatic carboxylic acids is 1. The topological polar surface area (TPSA) is 77.8 Å². The zero-order chi connectivity index (χ0) is 71.5. The van der Waals surface area contributed by atoms with Crippen molar-refractivity contribution in [2.75, 3.05) is 13.2 Å². The normalized spacial score (nSPS) is 18.0. The molecular formula is C91H144O4. The van der Waals surface area contributed by atoms with Crippen LogP contribution in [0.1, 0.15) is 312 Å². The first kappa shape index (κ1) is 89.5. The summed E-state index contributed by atoms with van der Waals surface area (Å²) in [5.41, 5.74) is 21.5. The molecule has 0 aromatic heterocycles. The number of aliphatic hydroxyl groups excluding tert-OH is 2. The molecule has 0 radical (unpaired) electrons. The number of allylic oxidation sites excluding steroid dienone is 36. The largest absolute Gasteiger partial charge is 0.481 e. The lowest BCUT2D eigenvalue weighted by Crippen LogP contribution is -2.19. The Kier molecular flexibility index (Phi) is 50.4. The molecule has 0 spiro atoms. The molecule has 3 N–H and O–H groups in total. The molecule has 0 saturated carbocycles. The van der Waals surface area contributed by atoms with Gasteiger partial charge in [0.2, 0.25) is 0 Å². The van der Waals surface area contributed by atoms with Crippen LogP contribution < -0.4 is 0 Å². The van der Waals surface area contributed by atoms with Gasteiger partial charge in [-0.3, -0.25) is 4.79 Å². The van der Waals surface area contributed by atoms with Crippen LogP contribution >= 0.6 is 0 Å². The van der Waals surface area contributed by atoms with Crippen molar-refractivity contribution in [1.82, 2.24) is 0 Å².